The first-order valence-corrected chi connectivity index (χ1v) is 9.61. The van der Waals surface area contributed by atoms with Crippen molar-refractivity contribution in [1.82, 2.24) is 0 Å². The molecule has 0 heterocycles. The van der Waals surface area contributed by atoms with Crippen LogP contribution in [0.15, 0.2) is 12.2 Å². The van der Waals surface area contributed by atoms with Crippen molar-refractivity contribution in [2.45, 2.75) is 104 Å². The fraction of sp³-hybridized carbons (Fsp3) is 0.850. The first-order valence-electron chi connectivity index (χ1n) is 9.61. The van der Waals surface area contributed by atoms with E-state index in [0.29, 0.717) is 13.0 Å². The van der Waals surface area contributed by atoms with Crippen LogP contribution >= 0.6 is 0 Å². The molecule has 22 heavy (non-hydrogen) atoms. The molecule has 0 aliphatic carbocycles. The molecule has 0 bridgehead atoms. The first kappa shape index (κ1) is 21.2. The Bertz CT molecular complexity index is 258. The molecule has 0 saturated carbocycles. The van der Waals surface area contributed by atoms with E-state index in [2.05, 4.69) is 19.1 Å². The van der Waals surface area contributed by atoms with Gasteiger partial charge in [0, 0.05) is 6.42 Å². The zero-order chi connectivity index (χ0) is 16.3. The lowest BCUT2D eigenvalue weighted by Crippen LogP contribution is -2.04. The second-order valence-corrected chi connectivity index (χ2v) is 6.20. The summed E-state index contributed by atoms with van der Waals surface area (Å²) in [7, 11) is 0. The Labute approximate surface area is 138 Å². The SMILES string of the molecule is CCCCCCCC/C=C\CCCCCCOC(=O)CCC. The van der Waals surface area contributed by atoms with Gasteiger partial charge in [-0.2, -0.15) is 0 Å². The third-order valence-corrected chi connectivity index (χ3v) is 3.87. The van der Waals surface area contributed by atoms with Gasteiger partial charge in [0.15, 0.2) is 0 Å². The molecule has 2 heteroatoms. The summed E-state index contributed by atoms with van der Waals surface area (Å²) in [6.07, 6.45) is 21.6. The van der Waals surface area contributed by atoms with Crippen molar-refractivity contribution < 1.29 is 9.53 Å². The Balaban J connectivity index is 3.12. The molecule has 0 aromatic carbocycles. The second kappa shape index (κ2) is 18.3. The number of carbonyl (C=O) groups is 1. The highest BCUT2D eigenvalue weighted by atomic mass is 16.5. The van der Waals surface area contributed by atoms with Crippen LogP contribution in [0.1, 0.15) is 104 Å². The minimum absolute atomic E-state index is 0.0415. The first-order chi connectivity index (χ1) is 10.8. The maximum atomic E-state index is 11.1. The Morgan fingerprint density at radius 3 is 1.86 bits per heavy atom. The zero-order valence-electron chi connectivity index (χ0n) is 15.1. The maximum Gasteiger partial charge on any atom is 0.305 e. The Kier molecular flexibility index (Phi) is 17.6. The lowest BCUT2D eigenvalue weighted by molar-refractivity contribution is -0.143. The van der Waals surface area contributed by atoms with Gasteiger partial charge in [0.1, 0.15) is 0 Å². The summed E-state index contributed by atoms with van der Waals surface area (Å²) >= 11 is 0. The number of hydrogen-bond acceptors (Lipinski definition) is 2. The quantitative estimate of drug-likeness (QED) is 0.183. The Morgan fingerprint density at radius 2 is 1.27 bits per heavy atom. The molecular weight excluding hydrogens is 272 g/mol. The van der Waals surface area contributed by atoms with Gasteiger partial charge >= 0.3 is 5.97 Å². The van der Waals surface area contributed by atoms with Crippen molar-refractivity contribution in [3.63, 3.8) is 0 Å². The summed E-state index contributed by atoms with van der Waals surface area (Å²) in [4.78, 5) is 11.1. The Hall–Kier alpha value is -0.790. The van der Waals surface area contributed by atoms with Crippen LogP contribution in [0.25, 0.3) is 0 Å². The number of allylic oxidation sites excluding steroid dienone is 2. The molecule has 130 valence electrons. The van der Waals surface area contributed by atoms with E-state index in [4.69, 9.17) is 4.74 Å². The molecule has 0 fully saturated rings. The Morgan fingerprint density at radius 1 is 0.727 bits per heavy atom. The van der Waals surface area contributed by atoms with E-state index in [0.717, 1.165) is 12.8 Å². The van der Waals surface area contributed by atoms with Crippen LogP contribution in [0, 0.1) is 0 Å². The smallest absolute Gasteiger partial charge is 0.305 e. The van der Waals surface area contributed by atoms with Crippen molar-refractivity contribution in [2.75, 3.05) is 6.61 Å². The van der Waals surface area contributed by atoms with Crippen LogP contribution in [0.4, 0.5) is 0 Å². The highest BCUT2D eigenvalue weighted by molar-refractivity contribution is 5.69. The standard InChI is InChI=1S/C20H38O2/c1-3-5-6-7-8-9-10-11-12-13-14-15-16-17-19-22-20(21)18-4-2/h11-12H,3-10,13-19H2,1-2H3/b12-11-. The van der Waals surface area contributed by atoms with Crippen LogP contribution in [-0.2, 0) is 9.53 Å². The van der Waals surface area contributed by atoms with E-state index in [1.807, 2.05) is 6.92 Å². The number of ether oxygens (including phenoxy) is 1. The van der Waals surface area contributed by atoms with Gasteiger partial charge < -0.3 is 4.74 Å². The lowest BCUT2D eigenvalue weighted by Gasteiger charge is -2.03. The summed E-state index contributed by atoms with van der Waals surface area (Å²) in [6.45, 7) is 4.87. The van der Waals surface area contributed by atoms with E-state index in [-0.39, 0.29) is 5.97 Å². The van der Waals surface area contributed by atoms with Gasteiger partial charge in [0.05, 0.1) is 6.61 Å². The summed E-state index contributed by atoms with van der Waals surface area (Å²) in [5.41, 5.74) is 0. The van der Waals surface area contributed by atoms with Crippen molar-refractivity contribution >= 4 is 5.97 Å². The topological polar surface area (TPSA) is 26.3 Å². The second-order valence-electron chi connectivity index (χ2n) is 6.20. The molecule has 0 spiro atoms. The molecule has 0 atom stereocenters. The minimum atomic E-state index is -0.0415. The molecule has 0 unspecified atom stereocenters. The molecule has 0 aliphatic heterocycles. The summed E-state index contributed by atoms with van der Waals surface area (Å²) in [5.74, 6) is -0.0415. The molecule has 0 aromatic rings. The molecule has 0 aromatic heterocycles. The number of carbonyl (C=O) groups excluding carboxylic acids is 1. The van der Waals surface area contributed by atoms with Crippen LogP contribution in [0.2, 0.25) is 0 Å². The van der Waals surface area contributed by atoms with Crippen LogP contribution in [0.3, 0.4) is 0 Å². The van der Waals surface area contributed by atoms with Crippen LogP contribution in [-0.4, -0.2) is 12.6 Å². The van der Waals surface area contributed by atoms with Gasteiger partial charge in [0.2, 0.25) is 0 Å². The molecule has 0 aliphatic rings. The summed E-state index contributed by atoms with van der Waals surface area (Å²) in [6, 6.07) is 0. The van der Waals surface area contributed by atoms with Gasteiger partial charge in [-0.15, -0.1) is 0 Å². The van der Waals surface area contributed by atoms with E-state index in [1.165, 1.54) is 70.6 Å². The van der Waals surface area contributed by atoms with Gasteiger partial charge in [0.25, 0.3) is 0 Å². The highest BCUT2D eigenvalue weighted by Crippen LogP contribution is 2.08. The highest BCUT2D eigenvalue weighted by Gasteiger charge is 1.99. The largest absolute Gasteiger partial charge is 0.466 e. The van der Waals surface area contributed by atoms with Gasteiger partial charge in [-0.25, -0.2) is 0 Å². The van der Waals surface area contributed by atoms with Gasteiger partial charge in [-0.3, -0.25) is 4.79 Å². The average molecular weight is 311 g/mol. The predicted molar refractivity (Wildman–Crippen MR) is 96.1 cm³/mol. The van der Waals surface area contributed by atoms with E-state index in [9.17, 15) is 4.79 Å². The zero-order valence-corrected chi connectivity index (χ0v) is 15.1. The third-order valence-electron chi connectivity index (χ3n) is 3.87. The minimum Gasteiger partial charge on any atom is -0.466 e. The van der Waals surface area contributed by atoms with Crippen molar-refractivity contribution in [1.29, 1.82) is 0 Å². The monoisotopic (exact) mass is 310 g/mol. The predicted octanol–water partition coefficient (Wildman–Crippen LogP) is 6.59. The average Bonchev–Trinajstić information content (AvgIpc) is 2.51. The summed E-state index contributed by atoms with van der Waals surface area (Å²) in [5, 5.41) is 0. The molecule has 0 N–H and O–H groups in total. The molecule has 0 saturated heterocycles. The summed E-state index contributed by atoms with van der Waals surface area (Å²) < 4.78 is 5.14. The number of esters is 1. The van der Waals surface area contributed by atoms with Gasteiger partial charge in [-0.1, -0.05) is 70.9 Å². The molecule has 0 amide bonds. The molecule has 0 rings (SSSR count). The third kappa shape index (κ3) is 17.3. The molecular formula is C20H38O2. The van der Waals surface area contributed by atoms with Crippen LogP contribution in [0.5, 0.6) is 0 Å². The number of hydrogen-bond donors (Lipinski definition) is 0. The lowest BCUT2D eigenvalue weighted by atomic mass is 10.1. The fourth-order valence-electron chi connectivity index (χ4n) is 2.46. The van der Waals surface area contributed by atoms with E-state index in [1.54, 1.807) is 0 Å². The number of unbranched alkanes of at least 4 members (excludes halogenated alkanes) is 10. The van der Waals surface area contributed by atoms with Crippen molar-refractivity contribution in [2.24, 2.45) is 0 Å². The molecule has 2 nitrogen and oxygen atoms in total. The fourth-order valence-corrected chi connectivity index (χ4v) is 2.46. The number of rotatable bonds is 16. The normalized spacial score (nSPS) is 11.2. The maximum absolute atomic E-state index is 11.1. The molecule has 0 radical (unpaired) electrons. The van der Waals surface area contributed by atoms with E-state index >= 15 is 0 Å². The van der Waals surface area contributed by atoms with Gasteiger partial charge in [-0.05, 0) is 38.5 Å². The van der Waals surface area contributed by atoms with Crippen LogP contribution < -0.4 is 0 Å². The van der Waals surface area contributed by atoms with Crippen molar-refractivity contribution in [3.05, 3.63) is 12.2 Å². The van der Waals surface area contributed by atoms with E-state index < -0.39 is 0 Å². The van der Waals surface area contributed by atoms with Crippen molar-refractivity contribution in [3.8, 4) is 0 Å².